The Morgan fingerprint density at radius 3 is 2.36 bits per heavy atom. The highest BCUT2D eigenvalue weighted by atomic mass is 32.2. The average molecular weight is 217 g/mol. The molecule has 0 heterocycles. The molecule has 0 aromatic rings. The maximum absolute atomic E-state index is 11.8. The van der Waals surface area contributed by atoms with Crippen molar-refractivity contribution in [2.45, 2.75) is 27.2 Å². The van der Waals surface area contributed by atoms with Crippen LogP contribution in [0.1, 0.15) is 27.2 Å². The molecule has 0 amide bonds. The molecule has 0 radical (unpaired) electrons. The van der Waals surface area contributed by atoms with Crippen molar-refractivity contribution < 1.29 is 8.42 Å². The molecule has 0 spiro atoms. The van der Waals surface area contributed by atoms with Crippen LogP contribution < -0.4 is 0 Å². The summed E-state index contributed by atoms with van der Waals surface area (Å²) in [6.45, 7) is 6.41. The molecule has 4 heteroatoms. The van der Waals surface area contributed by atoms with Gasteiger partial charge in [-0.2, -0.15) is 4.31 Å². The van der Waals surface area contributed by atoms with Crippen molar-refractivity contribution in [1.29, 1.82) is 0 Å². The molecule has 0 atom stereocenters. The van der Waals surface area contributed by atoms with Crippen LogP contribution in [0.2, 0.25) is 0 Å². The topological polar surface area (TPSA) is 37.4 Å². The zero-order valence-electron chi connectivity index (χ0n) is 9.16. The lowest BCUT2D eigenvalue weighted by Gasteiger charge is -2.20. The Labute approximate surface area is 87.5 Å². The standard InChI is InChI=1S/C10H19NO2S/c1-5-7-11(8-6-2)14(12,13)9-10(3)4/h1,10H,6-9H2,2-4H3. The Balaban J connectivity index is 4.56. The van der Waals surface area contributed by atoms with Gasteiger partial charge in [-0.15, -0.1) is 6.42 Å². The average Bonchev–Trinajstić information content (AvgIpc) is 2.01. The minimum absolute atomic E-state index is 0.136. The largest absolute Gasteiger partial charge is 0.215 e. The predicted molar refractivity (Wildman–Crippen MR) is 59.3 cm³/mol. The molecule has 0 saturated carbocycles. The maximum atomic E-state index is 11.8. The van der Waals surface area contributed by atoms with Gasteiger partial charge in [-0.3, -0.25) is 0 Å². The number of hydrogen-bond donors (Lipinski definition) is 0. The van der Waals surface area contributed by atoms with E-state index in [1.165, 1.54) is 4.31 Å². The minimum atomic E-state index is -3.16. The monoisotopic (exact) mass is 217 g/mol. The fourth-order valence-corrected chi connectivity index (χ4v) is 2.98. The Morgan fingerprint density at radius 1 is 1.43 bits per heavy atom. The van der Waals surface area contributed by atoms with Crippen LogP contribution in [0.5, 0.6) is 0 Å². The normalized spacial score (nSPS) is 12.0. The molecule has 0 unspecified atom stereocenters. The van der Waals surface area contributed by atoms with Crippen molar-refractivity contribution in [3.63, 3.8) is 0 Å². The van der Waals surface area contributed by atoms with Crippen molar-refractivity contribution in [3.05, 3.63) is 0 Å². The highest BCUT2D eigenvalue weighted by Crippen LogP contribution is 2.07. The quantitative estimate of drug-likeness (QED) is 0.629. The van der Waals surface area contributed by atoms with E-state index in [0.717, 1.165) is 6.42 Å². The van der Waals surface area contributed by atoms with Crippen LogP contribution in [0.4, 0.5) is 0 Å². The maximum Gasteiger partial charge on any atom is 0.215 e. The molecule has 3 nitrogen and oxygen atoms in total. The molecule has 14 heavy (non-hydrogen) atoms. The summed E-state index contributed by atoms with van der Waals surface area (Å²) in [5.41, 5.74) is 0. The second-order valence-corrected chi connectivity index (χ2v) is 5.72. The van der Waals surface area contributed by atoms with Gasteiger partial charge in [0.25, 0.3) is 0 Å². The third-order valence-corrected chi connectivity index (χ3v) is 3.86. The summed E-state index contributed by atoms with van der Waals surface area (Å²) in [6.07, 6.45) is 5.92. The molecule has 0 bridgehead atoms. The van der Waals surface area contributed by atoms with Gasteiger partial charge in [-0.1, -0.05) is 26.7 Å². The first kappa shape index (κ1) is 13.5. The van der Waals surface area contributed by atoms with Gasteiger partial charge in [-0.05, 0) is 12.3 Å². The number of hydrogen-bond acceptors (Lipinski definition) is 2. The number of rotatable bonds is 6. The van der Waals surface area contributed by atoms with E-state index in [2.05, 4.69) is 5.92 Å². The Morgan fingerprint density at radius 2 is 2.00 bits per heavy atom. The van der Waals surface area contributed by atoms with Gasteiger partial charge in [0.15, 0.2) is 0 Å². The van der Waals surface area contributed by atoms with E-state index in [1.807, 2.05) is 20.8 Å². The van der Waals surface area contributed by atoms with Crippen molar-refractivity contribution in [2.24, 2.45) is 5.92 Å². The van der Waals surface area contributed by atoms with Crippen LogP contribution in [-0.2, 0) is 10.0 Å². The van der Waals surface area contributed by atoms with Crippen LogP contribution in [0.3, 0.4) is 0 Å². The molecule has 0 N–H and O–H groups in total. The van der Waals surface area contributed by atoms with E-state index in [-0.39, 0.29) is 18.2 Å². The highest BCUT2D eigenvalue weighted by Gasteiger charge is 2.21. The summed E-state index contributed by atoms with van der Waals surface area (Å²) in [5.74, 6) is 2.69. The second kappa shape index (κ2) is 6.05. The first-order chi connectivity index (χ1) is 6.44. The summed E-state index contributed by atoms with van der Waals surface area (Å²) in [4.78, 5) is 0. The number of sulfonamides is 1. The van der Waals surface area contributed by atoms with Gasteiger partial charge in [0, 0.05) is 6.54 Å². The van der Waals surface area contributed by atoms with Gasteiger partial charge in [-0.25, -0.2) is 8.42 Å². The van der Waals surface area contributed by atoms with Gasteiger partial charge < -0.3 is 0 Å². The zero-order chi connectivity index (χ0) is 11.2. The van der Waals surface area contributed by atoms with E-state index in [0.29, 0.717) is 6.54 Å². The lowest BCUT2D eigenvalue weighted by atomic mass is 10.3. The van der Waals surface area contributed by atoms with Crippen LogP contribution in [0.25, 0.3) is 0 Å². The molecule has 0 aromatic heterocycles. The summed E-state index contributed by atoms with van der Waals surface area (Å²) in [7, 11) is -3.16. The van der Waals surface area contributed by atoms with Crippen LogP contribution in [0, 0.1) is 18.3 Å². The third kappa shape index (κ3) is 4.64. The van der Waals surface area contributed by atoms with E-state index in [1.54, 1.807) is 0 Å². The smallest absolute Gasteiger partial charge is 0.212 e. The van der Waals surface area contributed by atoms with E-state index >= 15 is 0 Å². The minimum Gasteiger partial charge on any atom is -0.212 e. The summed E-state index contributed by atoms with van der Waals surface area (Å²) >= 11 is 0. The second-order valence-electron chi connectivity index (χ2n) is 3.71. The van der Waals surface area contributed by atoms with Crippen LogP contribution in [0.15, 0.2) is 0 Å². The van der Waals surface area contributed by atoms with Crippen LogP contribution in [-0.4, -0.2) is 31.6 Å². The van der Waals surface area contributed by atoms with Gasteiger partial charge in [0.2, 0.25) is 10.0 Å². The third-order valence-electron chi connectivity index (χ3n) is 1.68. The molecule has 0 aliphatic heterocycles. The molecule has 0 fully saturated rings. The van der Waals surface area contributed by atoms with E-state index < -0.39 is 10.0 Å². The van der Waals surface area contributed by atoms with Crippen molar-refractivity contribution in [3.8, 4) is 12.3 Å². The molecule has 82 valence electrons. The van der Waals surface area contributed by atoms with Crippen molar-refractivity contribution in [2.75, 3.05) is 18.8 Å². The van der Waals surface area contributed by atoms with Crippen molar-refractivity contribution in [1.82, 2.24) is 4.31 Å². The lowest BCUT2D eigenvalue weighted by Crippen LogP contribution is -2.35. The SMILES string of the molecule is C#CCN(CCC)S(=O)(=O)CC(C)C. The Hall–Kier alpha value is -0.530. The van der Waals surface area contributed by atoms with Gasteiger partial charge >= 0.3 is 0 Å². The number of nitrogens with zero attached hydrogens (tertiary/aromatic N) is 1. The zero-order valence-corrected chi connectivity index (χ0v) is 9.97. The fraction of sp³-hybridized carbons (Fsp3) is 0.800. The molecule has 0 aliphatic carbocycles. The fourth-order valence-electron chi connectivity index (χ4n) is 1.19. The summed E-state index contributed by atoms with van der Waals surface area (Å²) in [6, 6.07) is 0. The van der Waals surface area contributed by atoms with Crippen molar-refractivity contribution >= 4 is 10.0 Å². The lowest BCUT2D eigenvalue weighted by molar-refractivity contribution is 0.440. The molecular formula is C10H19NO2S. The summed E-state index contributed by atoms with van der Waals surface area (Å²) < 4.78 is 24.9. The molecule has 0 rings (SSSR count). The molecular weight excluding hydrogens is 198 g/mol. The summed E-state index contributed by atoms with van der Waals surface area (Å²) in [5, 5.41) is 0. The van der Waals surface area contributed by atoms with E-state index in [9.17, 15) is 8.42 Å². The Bertz CT molecular complexity index is 288. The first-order valence-corrected chi connectivity index (χ1v) is 6.46. The highest BCUT2D eigenvalue weighted by molar-refractivity contribution is 7.89. The van der Waals surface area contributed by atoms with E-state index in [4.69, 9.17) is 6.42 Å². The van der Waals surface area contributed by atoms with Gasteiger partial charge in [0.1, 0.15) is 0 Å². The van der Waals surface area contributed by atoms with Gasteiger partial charge in [0.05, 0.1) is 12.3 Å². The first-order valence-electron chi connectivity index (χ1n) is 4.85. The molecule has 0 saturated heterocycles. The Kier molecular flexibility index (Phi) is 5.82. The number of terminal acetylenes is 1. The predicted octanol–water partition coefficient (Wildman–Crippen LogP) is 1.32. The van der Waals surface area contributed by atoms with Crippen LogP contribution >= 0.6 is 0 Å². The molecule has 0 aliphatic rings. The molecule has 0 aromatic carbocycles.